The van der Waals surface area contributed by atoms with E-state index in [1.54, 1.807) is 0 Å². The molecule has 122 valence electrons. The van der Waals surface area contributed by atoms with Crippen LogP contribution < -0.4 is 0 Å². The number of fused-ring (bicyclic) bond motifs is 1. The number of furan rings is 1. The van der Waals surface area contributed by atoms with E-state index in [4.69, 9.17) is 13.9 Å². The summed E-state index contributed by atoms with van der Waals surface area (Å²) in [5.74, 6) is 2.07. The van der Waals surface area contributed by atoms with Crippen molar-refractivity contribution in [3.8, 4) is 0 Å². The van der Waals surface area contributed by atoms with E-state index in [2.05, 4.69) is 21.9 Å². The second kappa shape index (κ2) is 6.32. The number of hydrogen-bond donors (Lipinski definition) is 0. The van der Waals surface area contributed by atoms with E-state index in [1.807, 2.05) is 6.92 Å². The molecule has 1 aromatic rings. The average molecular weight is 306 g/mol. The highest BCUT2D eigenvalue weighted by atomic mass is 16.5. The lowest BCUT2D eigenvalue weighted by Gasteiger charge is -2.37. The van der Waals surface area contributed by atoms with E-state index < -0.39 is 0 Å². The zero-order chi connectivity index (χ0) is 14.9. The molecule has 1 aromatic heterocycles. The minimum atomic E-state index is 0.350. The number of nitrogens with zero attached hydrogens (tertiary/aromatic N) is 2. The zero-order valence-electron chi connectivity index (χ0n) is 13.4. The Morgan fingerprint density at radius 3 is 2.77 bits per heavy atom. The summed E-state index contributed by atoms with van der Waals surface area (Å²) in [4.78, 5) is 5.14. The van der Waals surface area contributed by atoms with Crippen LogP contribution in [0.1, 0.15) is 24.4 Å². The van der Waals surface area contributed by atoms with Crippen LogP contribution in [0.4, 0.5) is 0 Å². The van der Waals surface area contributed by atoms with Crippen molar-refractivity contribution in [1.29, 1.82) is 0 Å². The molecule has 4 rings (SSSR count). The summed E-state index contributed by atoms with van der Waals surface area (Å²) < 4.78 is 17.5. The maximum absolute atomic E-state index is 6.19. The van der Waals surface area contributed by atoms with Crippen molar-refractivity contribution in [3.63, 3.8) is 0 Å². The van der Waals surface area contributed by atoms with Gasteiger partial charge in [-0.3, -0.25) is 9.80 Å². The third-order valence-corrected chi connectivity index (χ3v) is 5.27. The second-order valence-electron chi connectivity index (χ2n) is 6.70. The highest BCUT2D eigenvalue weighted by molar-refractivity contribution is 5.08. The summed E-state index contributed by atoms with van der Waals surface area (Å²) >= 11 is 0. The molecule has 0 aromatic carbocycles. The molecule has 0 radical (unpaired) electrons. The van der Waals surface area contributed by atoms with Gasteiger partial charge in [-0.15, -0.1) is 0 Å². The molecule has 5 nitrogen and oxygen atoms in total. The van der Waals surface area contributed by atoms with Gasteiger partial charge in [-0.2, -0.15) is 0 Å². The molecule has 0 bridgehead atoms. The SMILES string of the molecule is Cc1ccc(CN2C[C@H](N3CCOCC3)[C@@H]3OCCC[C@@H]32)o1. The highest BCUT2D eigenvalue weighted by Crippen LogP contribution is 2.33. The van der Waals surface area contributed by atoms with Crippen LogP contribution in [0, 0.1) is 6.92 Å². The van der Waals surface area contributed by atoms with Crippen molar-refractivity contribution >= 4 is 0 Å². The van der Waals surface area contributed by atoms with Gasteiger partial charge in [-0.1, -0.05) is 0 Å². The Kier molecular flexibility index (Phi) is 4.22. The lowest BCUT2D eigenvalue weighted by atomic mass is 10.00. The molecule has 0 saturated carbocycles. The minimum Gasteiger partial charge on any atom is -0.465 e. The Bertz CT molecular complexity index is 498. The molecule has 3 aliphatic heterocycles. The summed E-state index contributed by atoms with van der Waals surface area (Å²) in [6.07, 6.45) is 2.76. The molecule has 0 aliphatic carbocycles. The van der Waals surface area contributed by atoms with E-state index in [0.717, 1.165) is 57.5 Å². The minimum absolute atomic E-state index is 0.350. The Morgan fingerprint density at radius 2 is 2.00 bits per heavy atom. The largest absolute Gasteiger partial charge is 0.465 e. The summed E-state index contributed by atoms with van der Waals surface area (Å²) in [6, 6.07) is 5.20. The first-order valence-corrected chi connectivity index (χ1v) is 8.54. The van der Waals surface area contributed by atoms with Crippen molar-refractivity contribution in [3.05, 3.63) is 23.7 Å². The molecule has 4 heterocycles. The van der Waals surface area contributed by atoms with Gasteiger partial charge in [0.25, 0.3) is 0 Å². The molecule has 3 fully saturated rings. The van der Waals surface area contributed by atoms with E-state index in [1.165, 1.54) is 12.8 Å². The molecule has 5 heteroatoms. The lowest BCUT2D eigenvalue weighted by Crippen LogP contribution is -2.51. The molecule has 0 unspecified atom stereocenters. The van der Waals surface area contributed by atoms with E-state index in [9.17, 15) is 0 Å². The molecule has 0 N–H and O–H groups in total. The maximum atomic E-state index is 6.19. The van der Waals surface area contributed by atoms with Crippen LogP contribution in [0.25, 0.3) is 0 Å². The van der Waals surface area contributed by atoms with E-state index in [-0.39, 0.29) is 0 Å². The zero-order valence-corrected chi connectivity index (χ0v) is 13.4. The van der Waals surface area contributed by atoms with Crippen LogP contribution in [-0.2, 0) is 16.0 Å². The van der Waals surface area contributed by atoms with Crippen LogP contribution in [0.5, 0.6) is 0 Å². The number of likely N-dealkylation sites (tertiary alicyclic amines) is 1. The molecule has 0 spiro atoms. The Morgan fingerprint density at radius 1 is 1.14 bits per heavy atom. The fraction of sp³-hybridized carbons (Fsp3) is 0.765. The quantitative estimate of drug-likeness (QED) is 0.849. The summed E-state index contributed by atoms with van der Waals surface area (Å²) in [7, 11) is 0. The Hall–Kier alpha value is -0.880. The van der Waals surface area contributed by atoms with Crippen LogP contribution in [-0.4, -0.2) is 67.4 Å². The maximum Gasteiger partial charge on any atom is 0.118 e. The fourth-order valence-electron chi connectivity index (χ4n) is 4.21. The summed E-state index contributed by atoms with van der Waals surface area (Å²) in [5.41, 5.74) is 0. The molecule has 3 saturated heterocycles. The van der Waals surface area contributed by atoms with Crippen molar-refractivity contribution < 1.29 is 13.9 Å². The van der Waals surface area contributed by atoms with Gasteiger partial charge >= 0.3 is 0 Å². The van der Waals surface area contributed by atoms with Gasteiger partial charge < -0.3 is 13.9 Å². The molecular weight excluding hydrogens is 280 g/mol. The van der Waals surface area contributed by atoms with Gasteiger partial charge in [0, 0.05) is 32.3 Å². The molecule has 0 amide bonds. The highest BCUT2D eigenvalue weighted by Gasteiger charge is 2.46. The predicted molar refractivity (Wildman–Crippen MR) is 82.8 cm³/mol. The topological polar surface area (TPSA) is 38.1 Å². The fourth-order valence-corrected chi connectivity index (χ4v) is 4.21. The standard InChI is InChI=1S/C17H26N2O3/c1-13-4-5-14(22-13)11-19-12-16(18-6-9-20-10-7-18)17-15(19)3-2-8-21-17/h4-5,15-17H,2-3,6-12H2,1H3/t15-,16-,17+/m0/s1. The van der Waals surface area contributed by atoms with E-state index in [0.29, 0.717) is 18.2 Å². The van der Waals surface area contributed by atoms with Gasteiger partial charge in [0.1, 0.15) is 11.5 Å². The smallest absolute Gasteiger partial charge is 0.118 e. The van der Waals surface area contributed by atoms with Crippen molar-refractivity contribution in [2.24, 2.45) is 0 Å². The Labute approximate surface area is 132 Å². The normalized spacial score (nSPS) is 34.0. The van der Waals surface area contributed by atoms with Gasteiger partial charge in [0.05, 0.1) is 31.9 Å². The van der Waals surface area contributed by atoms with Crippen LogP contribution in [0.3, 0.4) is 0 Å². The molecule has 22 heavy (non-hydrogen) atoms. The lowest BCUT2D eigenvalue weighted by molar-refractivity contribution is -0.0595. The first-order chi connectivity index (χ1) is 10.8. The summed E-state index contributed by atoms with van der Waals surface area (Å²) in [6.45, 7) is 8.67. The first kappa shape index (κ1) is 14.7. The predicted octanol–water partition coefficient (Wildman–Crippen LogP) is 1.65. The van der Waals surface area contributed by atoms with Gasteiger partial charge in [0.15, 0.2) is 0 Å². The number of rotatable bonds is 3. The second-order valence-corrected chi connectivity index (χ2v) is 6.70. The van der Waals surface area contributed by atoms with Gasteiger partial charge in [-0.25, -0.2) is 0 Å². The summed E-state index contributed by atoms with van der Waals surface area (Å²) in [5, 5.41) is 0. The number of aryl methyl sites for hydroxylation is 1. The third kappa shape index (κ3) is 2.83. The van der Waals surface area contributed by atoms with Crippen LogP contribution in [0.2, 0.25) is 0 Å². The number of ether oxygens (including phenoxy) is 2. The number of morpholine rings is 1. The van der Waals surface area contributed by atoms with E-state index >= 15 is 0 Å². The first-order valence-electron chi connectivity index (χ1n) is 8.54. The van der Waals surface area contributed by atoms with Gasteiger partial charge in [0.2, 0.25) is 0 Å². The number of hydrogen-bond acceptors (Lipinski definition) is 5. The van der Waals surface area contributed by atoms with Crippen molar-refractivity contribution in [1.82, 2.24) is 9.80 Å². The third-order valence-electron chi connectivity index (χ3n) is 5.27. The monoisotopic (exact) mass is 306 g/mol. The van der Waals surface area contributed by atoms with Crippen LogP contribution >= 0.6 is 0 Å². The average Bonchev–Trinajstić information content (AvgIpc) is 3.13. The Balaban J connectivity index is 1.49. The molecule has 3 atom stereocenters. The molecule has 3 aliphatic rings. The molecular formula is C17H26N2O3. The van der Waals surface area contributed by atoms with Crippen LogP contribution in [0.15, 0.2) is 16.5 Å². The van der Waals surface area contributed by atoms with Crippen molar-refractivity contribution in [2.45, 2.75) is 44.5 Å². The van der Waals surface area contributed by atoms with Crippen molar-refractivity contribution in [2.75, 3.05) is 39.5 Å². The van der Waals surface area contributed by atoms with Gasteiger partial charge in [-0.05, 0) is 31.9 Å².